The average Bonchev–Trinajstić information content (AvgIpc) is 3.88. The Morgan fingerprint density at radius 2 is 2.11 bits per heavy atom. The summed E-state index contributed by atoms with van der Waals surface area (Å²) in [4.78, 5) is 17.5. The molecule has 5 aromatic heterocycles. The first kappa shape index (κ1) is 28.8. The number of aromatic nitrogens is 8. The highest BCUT2D eigenvalue weighted by Crippen LogP contribution is 2.55. The topological polar surface area (TPSA) is 163 Å². The summed E-state index contributed by atoms with van der Waals surface area (Å²) in [6, 6.07) is 4.49. The molecule has 236 valence electrons. The van der Waals surface area contributed by atoms with Gasteiger partial charge in [0.05, 0.1) is 30.0 Å². The second-order valence-corrected chi connectivity index (χ2v) is 13.8. The van der Waals surface area contributed by atoms with Gasteiger partial charge in [0.25, 0.3) is 0 Å². The van der Waals surface area contributed by atoms with Gasteiger partial charge in [0.15, 0.2) is 23.1 Å². The van der Waals surface area contributed by atoms with Crippen LogP contribution in [0.3, 0.4) is 0 Å². The zero-order valence-corrected chi connectivity index (χ0v) is 26.7. The molecule has 0 bridgehead atoms. The van der Waals surface area contributed by atoms with E-state index in [4.69, 9.17) is 25.0 Å². The molecule has 5 aromatic rings. The molecule has 14 heteroatoms. The molecular weight excluding hydrogens is 602 g/mol. The van der Waals surface area contributed by atoms with Gasteiger partial charge < -0.3 is 19.6 Å². The standard InChI is InChI=1S/C32H35N11O2S/c1-19(23-7-5-12-41(23)2)44-26-14-25(43-17-20(38-40-43)16-42-13-11-35-18-42)36-31(37-26)28-21-6-3-9-32(29(21)45-39-28)10-4-8-24-27(32)22(15-33)30(34)46-24/h11,13-14,17-19,23H,3-10,12,16,34H2,1-2H3/t19-,23-,32-/m0/s1. The molecule has 1 saturated heterocycles. The molecule has 3 aliphatic rings. The van der Waals surface area contributed by atoms with Crippen LogP contribution in [0.5, 0.6) is 5.88 Å². The first-order valence-corrected chi connectivity index (χ1v) is 16.7. The maximum Gasteiger partial charge on any atom is 0.219 e. The van der Waals surface area contributed by atoms with Gasteiger partial charge in [0.2, 0.25) is 5.88 Å². The van der Waals surface area contributed by atoms with Crippen molar-refractivity contribution in [2.45, 2.75) is 82.4 Å². The van der Waals surface area contributed by atoms with Crippen molar-refractivity contribution in [1.29, 1.82) is 5.26 Å². The van der Waals surface area contributed by atoms with E-state index >= 15 is 0 Å². The molecule has 2 N–H and O–H groups in total. The first-order chi connectivity index (χ1) is 22.4. The zero-order valence-electron chi connectivity index (χ0n) is 25.9. The van der Waals surface area contributed by atoms with Gasteiger partial charge in [-0.25, -0.2) is 14.6 Å². The van der Waals surface area contributed by atoms with Crippen molar-refractivity contribution >= 4 is 16.3 Å². The Hall–Kier alpha value is -4.61. The summed E-state index contributed by atoms with van der Waals surface area (Å²) in [5.74, 6) is 2.19. The van der Waals surface area contributed by atoms with E-state index in [0.717, 1.165) is 80.5 Å². The Bertz CT molecular complexity index is 1930. The average molecular weight is 638 g/mol. The number of anilines is 1. The number of nitrogen functional groups attached to an aromatic ring is 1. The Labute approximate surface area is 270 Å². The highest BCUT2D eigenvalue weighted by atomic mass is 32.1. The number of likely N-dealkylation sites (tertiary alicyclic amines) is 1. The van der Waals surface area contributed by atoms with Crippen LogP contribution in [0.15, 0.2) is 35.5 Å². The van der Waals surface area contributed by atoms with E-state index in [9.17, 15) is 5.26 Å². The number of hydrogen-bond acceptors (Lipinski definition) is 12. The molecule has 0 unspecified atom stereocenters. The van der Waals surface area contributed by atoms with Crippen LogP contribution in [0, 0.1) is 11.3 Å². The molecule has 6 heterocycles. The number of hydrogen-bond donors (Lipinski definition) is 1. The molecule has 2 aliphatic carbocycles. The molecule has 1 fully saturated rings. The lowest BCUT2D eigenvalue weighted by molar-refractivity contribution is 0.117. The molecule has 3 atom stereocenters. The fourth-order valence-electron chi connectivity index (χ4n) is 7.76. The van der Waals surface area contributed by atoms with E-state index in [2.05, 4.69) is 45.4 Å². The van der Waals surface area contributed by atoms with E-state index in [1.54, 1.807) is 23.3 Å². The second kappa shape index (κ2) is 11.3. The predicted octanol–water partition coefficient (Wildman–Crippen LogP) is 4.29. The molecule has 13 nitrogen and oxygen atoms in total. The van der Waals surface area contributed by atoms with Gasteiger partial charge in [-0.15, -0.1) is 16.4 Å². The number of likely N-dealkylation sites (N-methyl/N-ethyl adjacent to an activating group) is 1. The van der Waals surface area contributed by atoms with Crippen LogP contribution in [0.2, 0.25) is 0 Å². The fourth-order valence-corrected chi connectivity index (χ4v) is 8.92. The number of fused-ring (bicyclic) bond motifs is 4. The minimum Gasteiger partial charge on any atom is -0.473 e. The van der Waals surface area contributed by atoms with Crippen LogP contribution in [0.4, 0.5) is 5.00 Å². The van der Waals surface area contributed by atoms with Crippen molar-refractivity contribution in [2.24, 2.45) is 0 Å². The summed E-state index contributed by atoms with van der Waals surface area (Å²) in [7, 11) is 2.14. The van der Waals surface area contributed by atoms with Gasteiger partial charge in [0, 0.05) is 34.9 Å². The summed E-state index contributed by atoms with van der Waals surface area (Å²) < 4.78 is 16.4. The summed E-state index contributed by atoms with van der Waals surface area (Å²) in [5.41, 5.74) is 9.89. The molecule has 0 radical (unpaired) electrons. The van der Waals surface area contributed by atoms with Gasteiger partial charge >= 0.3 is 0 Å². The lowest BCUT2D eigenvalue weighted by atomic mass is 9.63. The van der Waals surface area contributed by atoms with Crippen molar-refractivity contribution in [3.05, 3.63) is 64.0 Å². The van der Waals surface area contributed by atoms with E-state index < -0.39 is 5.41 Å². The third-order valence-corrected chi connectivity index (χ3v) is 10.9. The monoisotopic (exact) mass is 637 g/mol. The smallest absolute Gasteiger partial charge is 0.219 e. The number of rotatable bonds is 7. The third kappa shape index (κ3) is 4.76. The Morgan fingerprint density at radius 1 is 1.24 bits per heavy atom. The van der Waals surface area contributed by atoms with E-state index in [-0.39, 0.29) is 6.10 Å². The minimum atomic E-state index is -0.432. The Kier molecular flexibility index (Phi) is 7.10. The normalized spacial score (nSPS) is 21.6. The molecule has 46 heavy (non-hydrogen) atoms. The van der Waals surface area contributed by atoms with E-state index in [1.165, 1.54) is 16.2 Å². The molecule has 0 aromatic carbocycles. The van der Waals surface area contributed by atoms with Crippen LogP contribution < -0.4 is 10.5 Å². The summed E-state index contributed by atoms with van der Waals surface area (Å²) in [6.45, 7) is 3.68. The molecule has 0 amide bonds. The highest BCUT2D eigenvalue weighted by molar-refractivity contribution is 7.16. The van der Waals surface area contributed by atoms with Crippen LogP contribution >= 0.6 is 11.3 Å². The summed E-state index contributed by atoms with van der Waals surface area (Å²) in [5, 5.41) is 24.1. The van der Waals surface area contributed by atoms with E-state index in [1.807, 2.05) is 17.0 Å². The van der Waals surface area contributed by atoms with Crippen LogP contribution in [-0.4, -0.2) is 70.3 Å². The van der Waals surface area contributed by atoms with Gasteiger partial charge in [-0.1, -0.05) is 10.4 Å². The quantitative estimate of drug-likeness (QED) is 0.271. The van der Waals surface area contributed by atoms with Crippen molar-refractivity contribution in [1.82, 2.24) is 44.6 Å². The molecule has 1 spiro atoms. The summed E-state index contributed by atoms with van der Waals surface area (Å²) in [6.07, 6.45) is 14.7. The van der Waals surface area contributed by atoms with Crippen LogP contribution in [0.25, 0.3) is 17.3 Å². The van der Waals surface area contributed by atoms with Crippen LogP contribution in [0.1, 0.15) is 78.5 Å². The Morgan fingerprint density at radius 3 is 2.89 bits per heavy atom. The molecule has 1 aliphatic heterocycles. The van der Waals surface area contributed by atoms with Gasteiger partial charge in [0.1, 0.15) is 22.9 Å². The number of thiophene rings is 1. The van der Waals surface area contributed by atoms with Crippen molar-refractivity contribution < 1.29 is 9.26 Å². The minimum absolute atomic E-state index is 0.0840. The molecule has 0 saturated carbocycles. The predicted molar refractivity (Wildman–Crippen MR) is 170 cm³/mol. The van der Waals surface area contributed by atoms with Crippen molar-refractivity contribution in [3.63, 3.8) is 0 Å². The third-order valence-electron chi connectivity index (χ3n) is 9.86. The number of ether oxygens (including phenoxy) is 1. The molecular formula is C32H35N11O2S. The number of aryl methyl sites for hydroxylation is 1. The molecule has 8 rings (SSSR count). The first-order valence-electron chi connectivity index (χ1n) is 15.9. The number of nitriles is 1. The fraction of sp³-hybridized carbons (Fsp3) is 0.469. The number of nitrogens with zero attached hydrogens (tertiary/aromatic N) is 10. The van der Waals surface area contributed by atoms with Crippen LogP contribution in [-0.2, 0) is 24.8 Å². The maximum atomic E-state index is 10.1. The van der Waals surface area contributed by atoms with E-state index in [0.29, 0.717) is 46.4 Å². The van der Waals surface area contributed by atoms with Gasteiger partial charge in [-0.2, -0.15) is 10.2 Å². The van der Waals surface area contributed by atoms with Crippen molar-refractivity contribution in [2.75, 3.05) is 19.3 Å². The SMILES string of the molecule is C[C@H](Oc1cc(-n2cc(Cn3ccnc3)nn2)nc(-c2noc3c2CCC[C@@]32CCCc3sc(N)c(C#N)c32)n1)[C@@H]1CCCN1C. The van der Waals surface area contributed by atoms with Gasteiger partial charge in [-0.05, 0) is 77.4 Å². The maximum absolute atomic E-state index is 10.1. The lowest BCUT2D eigenvalue weighted by Gasteiger charge is -2.39. The number of nitrogens with two attached hydrogens (primary N) is 1. The second-order valence-electron chi connectivity index (χ2n) is 12.7. The highest BCUT2D eigenvalue weighted by Gasteiger charge is 2.49. The lowest BCUT2D eigenvalue weighted by Crippen LogP contribution is -2.38. The number of imidazole rings is 1. The Balaban J connectivity index is 1.21. The summed E-state index contributed by atoms with van der Waals surface area (Å²) >= 11 is 1.54. The van der Waals surface area contributed by atoms with Crippen molar-refractivity contribution in [3.8, 4) is 29.3 Å². The largest absolute Gasteiger partial charge is 0.473 e. The zero-order chi connectivity index (χ0) is 31.4. The van der Waals surface area contributed by atoms with Gasteiger partial charge in [-0.3, -0.25) is 4.90 Å².